The van der Waals surface area contributed by atoms with E-state index in [1.54, 1.807) is 6.08 Å². The molecule has 6 heteroatoms. The summed E-state index contributed by atoms with van der Waals surface area (Å²) in [5.41, 5.74) is 4.10. The summed E-state index contributed by atoms with van der Waals surface area (Å²) in [5, 5.41) is 0. The first-order valence-electron chi connectivity index (χ1n) is 11.9. The number of anilines is 1. The normalized spacial score (nSPS) is 20.4. The summed E-state index contributed by atoms with van der Waals surface area (Å²) in [6.07, 6.45) is 4.48. The molecule has 174 valence electrons. The molecular formula is C28H30N4O2. The van der Waals surface area contributed by atoms with Crippen LogP contribution in [0.5, 0.6) is 0 Å². The van der Waals surface area contributed by atoms with E-state index in [-0.39, 0.29) is 18.1 Å². The topological polar surface area (TPSA) is 58.6 Å². The van der Waals surface area contributed by atoms with Crippen LogP contribution in [0.25, 0.3) is 17.5 Å². The van der Waals surface area contributed by atoms with Crippen molar-refractivity contribution in [1.82, 2.24) is 14.9 Å². The van der Waals surface area contributed by atoms with E-state index in [1.165, 1.54) is 0 Å². The Morgan fingerprint density at radius 2 is 1.65 bits per heavy atom. The van der Waals surface area contributed by atoms with Gasteiger partial charge in [-0.25, -0.2) is 9.97 Å². The number of carbonyl (C=O) groups is 1. The summed E-state index contributed by atoms with van der Waals surface area (Å²) in [6.45, 7) is 6.88. The molecule has 2 aliphatic heterocycles. The van der Waals surface area contributed by atoms with Crippen LogP contribution in [0.1, 0.15) is 30.7 Å². The van der Waals surface area contributed by atoms with Crippen LogP contribution in [0.15, 0.2) is 66.7 Å². The van der Waals surface area contributed by atoms with Gasteiger partial charge in [0.25, 0.3) is 0 Å². The number of hydrogen-bond donors (Lipinski definition) is 0. The minimum Gasteiger partial charge on any atom is -0.372 e. The standard InChI is InChI=1S/C28H30N4O2/c1-20-17-32(18-21(2)34-20)28-24-19-31(26(33)14-13-22-9-5-3-6-10-22)16-15-25(24)29-27(30-28)23-11-7-4-8-12-23/h3-14,20-21H,15-19H2,1-2H3/b14-13+/t20-,21-/m0/s1. The third kappa shape index (κ3) is 4.87. The maximum Gasteiger partial charge on any atom is 0.246 e. The average molecular weight is 455 g/mol. The fourth-order valence-corrected chi connectivity index (χ4v) is 4.75. The molecule has 1 saturated heterocycles. The Morgan fingerprint density at radius 1 is 0.971 bits per heavy atom. The van der Waals surface area contributed by atoms with Crippen LogP contribution in [-0.4, -0.2) is 52.6 Å². The molecule has 5 rings (SSSR count). The Bertz CT molecular complexity index is 1170. The Balaban J connectivity index is 1.47. The van der Waals surface area contributed by atoms with Crippen molar-refractivity contribution in [1.29, 1.82) is 0 Å². The summed E-state index contributed by atoms with van der Waals surface area (Å²) in [5.74, 6) is 1.68. The van der Waals surface area contributed by atoms with E-state index in [1.807, 2.05) is 71.6 Å². The van der Waals surface area contributed by atoms with Crippen molar-refractivity contribution in [2.45, 2.75) is 39.0 Å². The number of aromatic nitrogens is 2. The summed E-state index contributed by atoms with van der Waals surface area (Å²) in [6, 6.07) is 20.0. The Kier molecular flexibility index (Phi) is 6.41. The first kappa shape index (κ1) is 22.3. The van der Waals surface area contributed by atoms with E-state index in [9.17, 15) is 4.79 Å². The summed E-state index contributed by atoms with van der Waals surface area (Å²) in [7, 11) is 0. The van der Waals surface area contributed by atoms with E-state index in [0.29, 0.717) is 19.5 Å². The molecule has 2 atom stereocenters. The van der Waals surface area contributed by atoms with Gasteiger partial charge in [0.1, 0.15) is 5.82 Å². The molecule has 0 N–H and O–H groups in total. The van der Waals surface area contributed by atoms with Crippen molar-refractivity contribution >= 4 is 17.8 Å². The molecule has 0 saturated carbocycles. The lowest BCUT2D eigenvalue weighted by atomic mass is 10.0. The zero-order chi connectivity index (χ0) is 23.5. The van der Waals surface area contributed by atoms with Crippen molar-refractivity contribution in [3.8, 4) is 11.4 Å². The number of rotatable bonds is 4. The predicted molar refractivity (Wildman–Crippen MR) is 134 cm³/mol. The zero-order valence-corrected chi connectivity index (χ0v) is 19.7. The van der Waals surface area contributed by atoms with Crippen molar-refractivity contribution < 1.29 is 9.53 Å². The Labute approximate surface area is 200 Å². The maximum absolute atomic E-state index is 13.0. The number of hydrogen-bond acceptors (Lipinski definition) is 5. The van der Waals surface area contributed by atoms with Gasteiger partial charge in [-0.15, -0.1) is 0 Å². The minimum absolute atomic E-state index is 0.0105. The third-order valence-electron chi connectivity index (χ3n) is 6.32. The smallest absolute Gasteiger partial charge is 0.246 e. The lowest BCUT2D eigenvalue weighted by Crippen LogP contribution is -2.47. The summed E-state index contributed by atoms with van der Waals surface area (Å²) >= 11 is 0. The lowest BCUT2D eigenvalue weighted by Gasteiger charge is -2.38. The molecule has 6 nitrogen and oxygen atoms in total. The van der Waals surface area contributed by atoms with E-state index >= 15 is 0 Å². The number of nitrogens with zero attached hydrogens (tertiary/aromatic N) is 4. The minimum atomic E-state index is 0.0105. The van der Waals surface area contributed by atoms with Gasteiger partial charge in [-0.2, -0.15) is 0 Å². The molecule has 1 amide bonds. The third-order valence-corrected chi connectivity index (χ3v) is 6.32. The van der Waals surface area contributed by atoms with Crippen molar-refractivity contribution in [2.75, 3.05) is 24.5 Å². The van der Waals surface area contributed by atoms with Gasteiger partial charge < -0.3 is 14.5 Å². The van der Waals surface area contributed by atoms with Gasteiger partial charge in [0, 0.05) is 43.3 Å². The molecule has 3 heterocycles. The van der Waals surface area contributed by atoms with Gasteiger partial charge in [0.05, 0.1) is 24.4 Å². The van der Waals surface area contributed by atoms with Crippen LogP contribution in [-0.2, 0) is 22.5 Å². The van der Waals surface area contributed by atoms with Gasteiger partial charge in [-0.1, -0.05) is 60.7 Å². The molecular weight excluding hydrogens is 424 g/mol. The summed E-state index contributed by atoms with van der Waals surface area (Å²) in [4.78, 5) is 27.2. The fourth-order valence-electron chi connectivity index (χ4n) is 4.75. The number of ether oxygens (including phenoxy) is 1. The lowest BCUT2D eigenvalue weighted by molar-refractivity contribution is -0.126. The number of amides is 1. The molecule has 0 bridgehead atoms. The molecule has 2 aromatic carbocycles. The average Bonchev–Trinajstić information content (AvgIpc) is 2.87. The number of carbonyl (C=O) groups excluding carboxylic acids is 1. The molecule has 0 spiro atoms. The first-order chi connectivity index (χ1) is 16.6. The SMILES string of the molecule is C[C@H]1CN(c2nc(-c3ccccc3)nc3c2CN(C(=O)/C=C/c2ccccc2)CC3)C[C@H](C)O1. The molecule has 3 aromatic rings. The second kappa shape index (κ2) is 9.77. The van der Waals surface area contributed by atoms with Crippen molar-refractivity contribution in [3.63, 3.8) is 0 Å². The number of fused-ring (bicyclic) bond motifs is 1. The van der Waals surface area contributed by atoms with Gasteiger partial charge in [-0.05, 0) is 25.5 Å². The second-order valence-electron chi connectivity index (χ2n) is 9.08. The molecule has 34 heavy (non-hydrogen) atoms. The fraction of sp³-hybridized carbons (Fsp3) is 0.321. The van der Waals surface area contributed by atoms with Crippen LogP contribution in [0.2, 0.25) is 0 Å². The van der Waals surface area contributed by atoms with Crippen LogP contribution >= 0.6 is 0 Å². The monoisotopic (exact) mass is 454 g/mol. The number of benzene rings is 2. The van der Waals surface area contributed by atoms with Crippen LogP contribution in [0.4, 0.5) is 5.82 Å². The van der Waals surface area contributed by atoms with E-state index in [0.717, 1.165) is 47.1 Å². The van der Waals surface area contributed by atoms with E-state index in [2.05, 4.69) is 18.7 Å². The first-order valence-corrected chi connectivity index (χ1v) is 11.9. The predicted octanol–water partition coefficient (Wildman–Crippen LogP) is 4.36. The summed E-state index contributed by atoms with van der Waals surface area (Å²) < 4.78 is 5.97. The van der Waals surface area contributed by atoms with E-state index in [4.69, 9.17) is 14.7 Å². The quantitative estimate of drug-likeness (QED) is 0.549. The van der Waals surface area contributed by atoms with Gasteiger partial charge in [-0.3, -0.25) is 4.79 Å². The molecule has 0 aliphatic carbocycles. The van der Waals surface area contributed by atoms with Gasteiger partial charge in [0.15, 0.2) is 5.82 Å². The highest BCUT2D eigenvalue weighted by Gasteiger charge is 2.30. The van der Waals surface area contributed by atoms with Gasteiger partial charge >= 0.3 is 0 Å². The molecule has 0 unspecified atom stereocenters. The van der Waals surface area contributed by atoms with Crippen LogP contribution in [0.3, 0.4) is 0 Å². The molecule has 0 radical (unpaired) electrons. The van der Waals surface area contributed by atoms with Crippen LogP contribution < -0.4 is 4.90 Å². The zero-order valence-electron chi connectivity index (χ0n) is 19.7. The van der Waals surface area contributed by atoms with E-state index < -0.39 is 0 Å². The Hall–Kier alpha value is -3.51. The molecule has 2 aliphatic rings. The van der Waals surface area contributed by atoms with Crippen molar-refractivity contribution in [2.24, 2.45) is 0 Å². The highest BCUT2D eigenvalue weighted by atomic mass is 16.5. The van der Waals surface area contributed by atoms with Crippen molar-refractivity contribution in [3.05, 3.63) is 83.6 Å². The highest BCUT2D eigenvalue weighted by Crippen LogP contribution is 2.31. The largest absolute Gasteiger partial charge is 0.372 e. The number of morpholine rings is 1. The highest BCUT2D eigenvalue weighted by molar-refractivity contribution is 5.92. The molecule has 1 fully saturated rings. The van der Waals surface area contributed by atoms with Crippen LogP contribution in [0, 0.1) is 0 Å². The molecule has 1 aromatic heterocycles. The Morgan fingerprint density at radius 3 is 2.35 bits per heavy atom. The maximum atomic E-state index is 13.0. The second-order valence-corrected chi connectivity index (χ2v) is 9.08. The van der Waals surface area contributed by atoms with Gasteiger partial charge in [0.2, 0.25) is 5.91 Å².